The number of aliphatic hydroxyl groups excluding tert-OH is 4. The van der Waals surface area contributed by atoms with Gasteiger partial charge in [0.05, 0.1) is 25.9 Å². The molecule has 0 bridgehead atoms. The molecule has 21 heteroatoms. The number of aliphatic carboxylic acids is 1. The summed E-state index contributed by atoms with van der Waals surface area (Å²) in [6.07, 6.45) is -1.14. The van der Waals surface area contributed by atoms with Crippen molar-refractivity contribution in [3.05, 3.63) is 35.9 Å². The SMILES string of the molecule is CC(O)C(NCC(CCC(=O)O)NC(=O)C(N)CO)C(=O)NC(CO)C(=O)NC(CCCCN)C(=O)NC(CO)C(=O)NC(Cc1ccccc1)C(N)=O. The first-order valence-corrected chi connectivity index (χ1v) is 17.3. The summed E-state index contributed by atoms with van der Waals surface area (Å²) in [7, 11) is 0. The molecular weight excluding hydrogens is 714 g/mol. The van der Waals surface area contributed by atoms with Crippen LogP contribution < -0.4 is 49.1 Å². The first kappa shape index (κ1) is 47.3. The Morgan fingerprint density at radius 1 is 0.704 bits per heavy atom. The molecule has 0 aromatic heterocycles. The van der Waals surface area contributed by atoms with Crippen molar-refractivity contribution in [1.82, 2.24) is 31.9 Å². The summed E-state index contributed by atoms with van der Waals surface area (Å²) in [5.74, 6) is -6.71. The van der Waals surface area contributed by atoms with Gasteiger partial charge in [-0.25, -0.2) is 0 Å². The minimum absolute atomic E-state index is 0.0141. The van der Waals surface area contributed by atoms with Crippen LogP contribution in [-0.2, 0) is 40.0 Å². The van der Waals surface area contributed by atoms with Crippen LogP contribution >= 0.6 is 0 Å². The Morgan fingerprint density at radius 2 is 1.24 bits per heavy atom. The maximum absolute atomic E-state index is 13.3. The van der Waals surface area contributed by atoms with E-state index in [-0.39, 0.29) is 38.8 Å². The number of nitrogens with two attached hydrogens (primary N) is 3. The lowest BCUT2D eigenvalue weighted by Gasteiger charge is -2.28. The molecule has 0 heterocycles. The summed E-state index contributed by atoms with van der Waals surface area (Å²) < 4.78 is 0. The van der Waals surface area contributed by atoms with E-state index in [4.69, 9.17) is 27.4 Å². The van der Waals surface area contributed by atoms with E-state index in [1.807, 2.05) is 0 Å². The number of carbonyl (C=O) groups excluding carboxylic acids is 6. The highest BCUT2D eigenvalue weighted by Gasteiger charge is 2.33. The van der Waals surface area contributed by atoms with Crippen LogP contribution in [0.25, 0.3) is 0 Å². The second-order valence-corrected chi connectivity index (χ2v) is 12.5. The molecule has 21 nitrogen and oxygen atoms in total. The Balaban J connectivity index is 3.05. The van der Waals surface area contributed by atoms with Crippen LogP contribution in [0.1, 0.15) is 44.6 Å². The van der Waals surface area contributed by atoms with Gasteiger partial charge in [-0.1, -0.05) is 30.3 Å². The Hall–Kier alpha value is -4.77. The number of benzene rings is 1. The molecule has 0 aliphatic heterocycles. The molecule has 1 rings (SSSR count). The predicted octanol–water partition coefficient (Wildman–Crippen LogP) is -6.22. The number of aliphatic hydroxyl groups is 4. The molecule has 304 valence electrons. The van der Waals surface area contributed by atoms with Crippen LogP contribution in [0.15, 0.2) is 30.3 Å². The molecule has 17 N–H and O–H groups in total. The maximum atomic E-state index is 13.3. The molecule has 6 amide bonds. The van der Waals surface area contributed by atoms with Crippen molar-refractivity contribution in [2.45, 2.75) is 93.8 Å². The third-order valence-corrected chi connectivity index (χ3v) is 8.09. The number of carboxylic acid groups (broad SMARTS) is 1. The van der Waals surface area contributed by atoms with Gasteiger partial charge < -0.3 is 74.6 Å². The van der Waals surface area contributed by atoms with Crippen molar-refractivity contribution < 1.29 is 59.1 Å². The Kier molecular flexibility index (Phi) is 22.1. The third-order valence-electron chi connectivity index (χ3n) is 8.09. The lowest BCUT2D eigenvalue weighted by atomic mass is 10.0. The Labute approximate surface area is 312 Å². The van der Waals surface area contributed by atoms with Gasteiger partial charge in [0.1, 0.15) is 36.3 Å². The maximum Gasteiger partial charge on any atom is 0.303 e. The summed E-state index contributed by atoms with van der Waals surface area (Å²) in [5, 5.41) is 63.0. The molecule has 0 aliphatic carbocycles. The van der Waals surface area contributed by atoms with Crippen LogP contribution in [0.3, 0.4) is 0 Å². The first-order valence-electron chi connectivity index (χ1n) is 17.3. The molecule has 0 fully saturated rings. The second kappa shape index (κ2) is 25.3. The van der Waals surface area contributed by atoms with Crippen molar-refractivity contribution in [3.63, 3.8) is 0 Å². The quantitative estimate of drug-likeness (QED) is 0.0370. The molecular formula is C33H55N9O12. The lowest BCUT2D eigenvalue weighted by molar-refractivity contribution is -0.137. The van der Waals surface area contributed by atoms with Gasteiger partial charge >= 0.3 is 5.97 Å². The number of hydrogen-bond acceptors (Lipinski definition) is 14. The standard InChI is InChI=1S/C33H55N9O12/c1-18(46)27(37-14-20(10-11-26(47)48)38-29(50)21(35)15-43)33(54)42-25(17-45)31(52)39-22(9-5-6-12-34)30(51)41-24(16-44)32(53)40-23(28(36)49)13-19-7-3-2-4-8-19/h2-4,7-8,18,20-25,27,37,43-46H,5-6,9-17,34-35H2,1H3,(H2,36,49)(H,38,50)(H,39,52)(H,40,53)(H,41,51)(H,42,54)(H,47,48). The van der Waals surface area contributed by atoms with E-state index in [0.29, 0.717) is 18.4 Å². The average Bonchev–Trinajstić information content (AvgIpc) is 3.13. The number of carbonyl (C=O) groups is 7. The van der Waals surface area contributed by atoms with E-state index in [1.54, 1.807) is 30.3 Å². The van der Waals surface area contributed by atoms with E-state index in [9.17, 15) is 48.9 Å². The Bertz CT molecular complexity index is 1370. The van der Waals surface area contributed by atoms with Crippen molar-refractivity contribution in [1.29, 1.82) is 0 Å². The average molecular weight is 770 g/mol. The highest BCUT2D eigenvalue weighted by Crippen LogP contribution is 2.06. The van der Waals surface area contributed by atoms with Crippen molar-refractivity contribution in [3.8, 4) is 0 Å². The van der Waals surface area contributed by atoms with Gasteiger partial charge in [-0.05, 0) is 44.7 Å². The van der Waals surface area contributed by atoms with E-state index >= 15 is 0 Å². The Morgan fingerprint density at radius 3 is 1.74 bits per heavy atom. The lowest BCUT2D eigenvalue weighted by Crippen LogP contribution is -2.61. The topological polar surface area (TPSA) is 371 Å². The van der Waals surface area contributed by atoms with Gasteiger partial charge in [-0.15, -0.1) is 0 Å². The highest BCUT2D eigenvalue weighted by atomic mass is 16.4. The van der Waals surface area contributed by atoms with Crippen molar-refractivity contribution in [2.75, 3.05) is 32.9 Å². The summed E-state index contributed by atoms with van der Waals surface area (Å²) in [4.78, 5) is 88.2. The van der Waals surface area contributed by atoms with E-state index in [0.717, 1.165) is 0 Å². The fourth-order valence-electron chi connectivity index (χ4n) is 4.97. The molecule has 8 atom stereocenters. The monoisotopic (exact) mass is 769 g/mol. The molecule has 0 spiro atoms. The summed E-state index contributed by atoms with van der Waals surface area (Å²) >= 11 is 0. The first-order chi connectivity index (χ1) is 25.6. The number of nitrogens with one attached hydrogen (secondary N) is 6. The minimum atomic E-state index is -1.67. The molecule has 0 saturated heterocycles. The second-order valence-electron chi connectivity index (χ2n) is 12.5. The smallest absolute Gasteiger partial charge is 0.303 e. The minimum Gasteiger partial charge on any atom is -0.481 e. The number of hydrogen-bond donors (Lipinski definition) is 14. The molecule has 8 unspecified atom stereocenters. The van der Waals surface area contributed by atoms with Crippen LogP contribution in [-0.4, -0.2) is 148 Å². The van der Waals surface area contributed by atoms with Gasteiger partial charge in [0.15, 0.2) is 0 Å². The van der Waals surface area contributed by atoms with Crippen LogP contribution in [0, 0.1) is 0 Å². The summed E-state index contributed by atoms with van der Waals surface area (Å²) in [5.41, 5.74) is 17.2. The van der Waals surface area contributed by atoms with E-state index in [1.165, 1.54) is 6.92 Å². The van der Waals surface area contributed by atoms with Gasteiger partial charge in [0, 0.05) is 25.4 Å². The molecule has 1 aromatic carbocycles. The van der Waals surface area contributed by atoms with Crippen LogP contribution in [0.5, 0.6) is 0 Å². The van der Waals surface area contributed by atoms with E-state index in [2.05, 4.69) is 31.9 Å². The van der Waals surface area contributed by atoms with Crippen molar-refractivity contribution >= 4 is 41.4 Å². The van der Waals surface area contributed by atoms with Gasteiger partial charge in [0.25, 0.3) is 0 Å². The van der Waals surface area contributed by atoms with Gasteiger partial charge in [0.2, 0.25) is 35.4 Å². The number of amides is 6. The zero-order valence-corrected chi connectivity index (χ0v) is 30.1. The fraction of sp³-hybridized carbons (Fsp3) is 0.606. The molecule has 0 radical (unpaired) electrons. The normalized spacial score (nSPS) is 15.5. The zero-order valence-electron chi connectivity index (χ0n) is 30.1. The fourth-order valence-corrected chi connectivity index (χ4v) is 4.97. The highest BCUT2D eigenvalue weighted by molar-refractivity contribution is 5.96. The summed E-state index contributed by atoms with van der Waals surface area (Å²) in [6, 6.07) is -0.812. The molecule has 0 aliphatic rings. The van der Waals surface area contributed by atoms with Crippen LogP contribution in [0.4, 0.5) is 0 Å². The summed E-state index contributed by atoms with van der Waals surface area (Å²) in [6.45, 7) is -1.32. The largest absolute Gasteiger partial charge is 0.481 e. The van der Waals surface area contributed by atoms with Crippen LogP contribution in [0.2, 0.25) is 0 Å². The third kappa shape index (κ3) is 17.4. The molecule has 1 aromatic rings. The number of primary amides is 1. The number of rotatable bonds is 27. The number of unbranched alkanes of at least 4 members (excludes halogenated alkanes) is 1. The van der Waals surface area contributed by atoms with E-state index < -0.39 is 110 Å². The predicted molar refractivity (Wildman–Crippen MR) is 191 cm³/mol. The van der Waals surface area contributed by atoms with Gasteiger partial charge in [-0.3, -0.25) is 33.6 Å². The van der Waals surface area contributed by atoms with Crippen molar-refractivity contribution in [2.24, 2.45) is 17.2 Å². The number of carboxylic acids is 1. The molecule has 0 saturated carbocycles. The zero-order chi connectivity index (χ0) is 40.8. The van der Waals surface area contributed by atoms with Gasteiger partial charge in [-0.2, -0.15) is 0 Å². The molecule has 54 heavy (non-hydrogen) atoms.